The Morgan fingerprint density at radius 1 is 0.456 bits per heavy atom. The summed E-state index contributed by atoms with van der Waals surface area (Å²) in [4.78, 5) is 2.56. The van der Waals surface area contributed by atoms with E-state index >= 15 is 0 Å². The van der Waals surface area contributed by atoms with Gasteiger partial charge >= 0.3 is 0 Å². The van der Waals surface area contributed by atoms with Crippen LogP contribution in [0.2, 0.25) is 0 Å². The van der Waals surface area contributed by atoms with E-state index in [1.807, 2.05) is 11.3 Å². The highest BCUT2D eigenvalue weighted by Crippen LogP contribution is 2.69. The average Bonchev–Trinajstić information content (AvgIpc) is 3.94. The van der Waals surface area contributed by atoms with E-state index in [4.69, 9.17) is 0 Å². The van der Waals surface area contributed by atoms with Crippen LogP contribution in [0.4, 0.5) is 17.1 Å². The minimum Gasteiger partial charge on any atom is -0.310 e. The van der Waals surface area contributed by atoms with Crippen molar-refractivity contribution in [2.24, 2.45) is 29.6 Å². The molecule has 1 spiro atoms. The zero-order chi connectivity index (χ0) is 44.7. The highest BCUT2D eigenvalue weighted by Gasteiger charge is 2.62. The SMILES string of the molecule is CC1C2CC3CC1CC(C2)C31c2ccccc2-n2c3ccccc3c3cc(N(c4ccc(-c5ccccc5-c5cccc6sc7ccccc7c56)cc4)c4cccc(-c5ccccc5)c4)cc1c32. The molecule has 2 aromatic heterocycles. The molecule has 5 aliphatic rings. The van der Waals surface area contributed by atoms with E-state index in [2.05, 4.69) is 223 Å². The molecule has 9 aromatic carbocycles. The molecule has 3 heterocycles. The van der Waals surface area contributed by atoms with E-state index in [-0.39, 0.29) is 5.41 Å². The zero-order valence-electron chi connectivity index (χ0n) is 38.1. The largest absolute Gasteiger partial charge is 0.310 e. The van der Waals surface area contributed by atoms with Gasteiger partial charge < -0.3 is 9.47 Å². The van der Waals surface area contributed by atoms with Crippen LogP contribution in [-0.2, 0) is 5.41 Å². The Balaban J connectivity index is 0.954. The third-order valence-corrected chi connectivity index (χ3v) is 18.6. The van der Waals surface area contributed by atoms with Gasteiger partial charge in [-0.1, -0.05) is 153 Å². The smallest absolute Gasteiger partial charge is 0.0584 e. The van der Waals surface area contributed by atoms with Crippen molar-refractivity contribution in [2.45, 2.75) is 38.0 Å². The van der Waals surface area contributed by atoms with Crippen LogP contribution < -0.4 is 4.90 Å². The van der Waals surface area contributed by atoms with Crippen LogP contribution in [0.5, 0.6) is 0 Å². The van der Waals surface area contributed by atoms with Gasteiger partial charge in [-0.25, -0.2) is 0 Å². The molecule has 11 aromatic rings. The lowest BCUT2D eigenvalue weighted by Crippen LogP contribution is -2.59. The first-order valence-corrected chi connectivity index (χ1v) is 25.7. The van der Waals surface area contributed by atoms with E-state index in [0.717, 1.165) is 29.1 Å². The van der Waals surface area contributed by atoms with E-state index < -0.39 is 0 Å². The van der Waals surface area contributed by atoms with E-state index in [1.54, 1.807) is 11.1 Å². The van der Waals surface area contributed by atoms with Crippen molar-refractivity contribution >= 4 is 70.4 Å². The summed E-state index contributed by atoms with van der Waals surface area (Å²) in [6.45, 7) is 2.57. The van der Waals surface area contributed by atoms with Gasteiger partial charge in [-0.2, -0.15) is 0 Å². The number of anilines is 3. The number of aromatic nitrogens is 1. The normalized spacial score (nSPS) is 22.2. The molecule has 0 saturated heterocycles. The quantitative estimate of drug-likeness (QED) is 0.161. The predicted molar refractivity (Wildman–Crippen MR) is 287 cm³/mol. The molecule has 4 bridgehead atoms. The Hall–Kier alpha value is -7.20. The highest BCUT2D eigenvalue weighted by molar-refractivity contribution is 7.25. The Kier molecular flexibility index (Phi) is 8.37. The topological polar surface area (TPSA) is 8.17 Å². The summed E-state index contributed by atoms with van der Waals surface area (Å²) in [5.41, 5.74) is 18.2. The van der Waals surface area contributed by atoms with Gasteiger partial charge in [0.1, 0.15) is 0 Å². The number of nitrogens with zero attached hydrogens (tertiary/aromatic N) is 2. The summed E-state index contributed by atoms with van der Waals surface area (Å²) < 4.78 is 5.30. The number of para-hydroxylation sites is 2. The van der Waals surface area contributed by atoms with Crippen LogP contribution in [-0.4, -0.2) is 4.57 Å². The summed E-state index contributed by atoms with van der Waals surface area (Å²) in [7, 11) is 0. The number of thiophene rings is 1. The van der Waals surface area contributed by atoms with E-state index in [1.165, 1.54) is 112 Å². The molecule has 0 atom stereocenters. The second kappa shape index (κ2) is 14.6. The molecule has 0 radical (unpaired) electrons. The molecular weight excluding hydrogens is 841 g/mol. The summed E-state index contributed by atoms with van der Waals surface area (Å²) in [5, 5.41) is 5.35. The van der Waals surface area contributed by atoms with Gasteiger partial charge in [0.15, 0.2) is 0 Å². The lowest BCUT2D eigenvalue weighted by molar-refractivity contribution is -0.0784. The maximum Gasteiger partial charge on any atom is 0.0584 e. The first-order valence-electron chi connectivity index (χ1n) is 24.8. The molecule has 16 rings (SSSR count). The van der Waals surface area contributed by atoms with Crippen LogP contribution in [0.15, 0.2) is 206 Å². The maximum absolute atomic E-state index is 2.67. The van der Waals surface area contributed by atoms with E-state index in [0.29, 0.717) is 11.8 Å². The van der Waals surface area contributed by atoms with Crippen molar-refractivity contribution in [1.82, 2.24) is 4.57 Å². The van der Waals surface area contributed by atoms with Gasteiger partial charge in [-0.15, -0.1) is 11.3 Å². The molecule has 1 aliphatic heterocycles. The van der Waals surface area contributed by atoms with Crippen molar-refractivity contribution in [3.63, 3.8) is 0 Å². The lowest BCUT2D eigenvalue weighted by Gasteiger charge is -2.65. The van der Waals surface area contributed by atoms with Gasteiger partial charge in [0, 0.05) is 53.4 Å². The minimum absolute atomic E-state index is 0.0376. The van der Waals surface area contributed by atoms with Crippen LogP contribution in [0, 0.1) is 29.6 Å². The summed E-state index contributed by atoms with van der Waals surface area (Å²) in [6.07, 6.45) is 5.32. The summed E-state index contributed by atoms with van der Waals surface area (Å²) in [6, 6.07) is 78.2. The molecule has 4 aliphatic carbocycles. The molecule has 326 valence electrons. The van der Waals surface area contributed by atoms with E-state index in [9.17, 15) is 0 Å². The van der Waals surface area contributed by atoms with Crippen LogP contribution >= 0.6 is 11.3 Å². The fraction of sp³-hybridized carbons (Fsp3) is 0.169. The van der Waals surface area contributed by atoms with Crippen molar-refractivity contribution in [1.29, 1.82) is 0 Å². The number of fused-ring (bicyclic) bond motifs is 8. The molecule has 68 heavy (non-hydrogen) atoms. The summed E-state index contributed by atoms with van der Waals surface area (Å²) >= 11 is 1.88. The van der Waals surface area contributed by atoms with Gasteiger partial charge in [0.25, 0.3) is 0 Å². The van der Waals surface area contributed by atoms with Gasteiger partial charge in [0.05, 0.1) is 16.7 Å². The number of rotatable bonds is 6. The third-order valence-electron chi connectivity index (χ3n) is 17.4. The molecule has 4 saturated carbocycles. The summed E-state index contributed by atoms with van der Waals surface area (Å²) in [5.74, 6) is 3.75. The lowest BCUT2D eigenvalue weighted by atomic mass is 9.39. The molecular formula is C65H50N2S. The van der Waals surface area contributed by atoms with Crippen LogP contribution in [0.25, 0.3) is 81.0 Å². The zero-order valence-corrected chi connectivity index (χ0v) is 39.0. The number of hydrogen-bond acceptors (Lipinski definition) is 2. The maximum atomic E-state index is 2.67. The van der Waals surface area contributed by atoms with Gasteiger partial charge in [-0.05, 0) is 160 Å². The van der Waals surface area contributed by atoms with Crippen molar-refractivity contribution in [2.75, 3.05) is 4.90 Å². The van der Waals surface area contributed by atoms with Crippen molar-refractivity contribution in [3.05, 3.63) is 217 Å². The molecule has 2 nitrogen and oxygen atoms in total. The molecule has 0 N–H and O–H groups in total. The van der Waals surface area contributed by atoms with Crippen LogP contribution in [0.1, 0.15) is 43.7 Å². The minimum atomic E-state index is -0.0376. The molecule has 0 amide bonds. The second-order valence-corrected chi connectivity index (χ2v) is 21.5. The Morgan fingerprint density at radius 2 is 1.10 bits per heavy atom. The standard InChI is InChI=1S/C65H50N2S/c1-40-44-33-46-35-45(40)36-47(34-44)65(46)57-24-9-11-26-60(57)67-59-25-10-7-21-53(59)56-38-50(39-58(65)64(56)67)66(49-18-13-17-43(37-49)41-15-3-2-4-16-41)48-31-29-42(30-32-48)51-19-5-6-20-52(51)54-23-14-28-62-63(54)55-22-8-12-27-61(55)68-62/h2-32,37-40,44-47H,33-36H2,1H3. The first-order chi connectivity index (χ1) is 33.6. The Labute approximate surface area is 401 Å². The molecule has 4 fully saturated rings. The fourth-order valence-corrected chi connectivity index (χ4v) is 15.8. The molecule has 0 unspecified atom stereocenters. The van der Waals surface area contributed by atoms with Crippen molar-refractivity contribution < 1.29 is 0 Å². The molecule has 3 heteroatoms. The average molecular weight is 891 g/mol. The Morgan fingerprint density at radius 3 is 1.93 bits per heavy atom. The van der Waals surface area contributed by atoms with Gasteiger partial charge in [-0.3, -0.25) is 0 Å². The van der Waals surface area contributed by atoms with Gasteiger partial charge in [0.2, 0.25) is 0 Å². The van der Waals surface area contributed by atoms with Crippen LogP contribution in [0.3, 0.4) is 0 Å². The fourth-order valence-electron chi connectivity index (χ4n) is 14.6. The number of hydrogen-bond donors (Lipinski definition) is 0. The predicted octanol–water partition coefficient (Wildman–Crippen LogP) is 17.9. The third kappa shape index (κ3) is 5.40. The van der Waals surface area contributed by atoms with Crippen molar-refractivity contribution in [3.8, 4) is 39.1 Å². The number of benzene rings is 9. The monoisotopic (exact) mass is 890 g/mol. The second-order valence-electron chi connectivity index (χ2n) is 20.5. The first kappa shape index (κ1) is 38.9. The Bertz CT molecular complexity index is 3790. The highest BCUT2D eigenvalue weighted by atomic mass is 32.1.